The summed E-state index contributed by atoms with van der Waals surface area (Å²) in [7, 11) is 0. The Hall–Kier alpha value is -2.64. The van der Waals surface area contributed by atoms with Crippen LogP contribution in [0.1, 0.15) is 25.3 Å². The van der Waals surface area contributed by atoms with Gasteiger partial charge in [0.15, 0.2) is 0 Å². The predicted molar refractivity (Wildman–Crippen MR) is 106 cm³/mol. The molecule has 0 atom stereocenters. The monoisotopic (exact) mass is 404 g/mol. The lowest BCUT2D eigenvalue weighted by molar-refractivity contribution is -0.384. The quantitative estimate of drug-likeness (QED) is 0.571. The third kappa shape index (κ3) is 4.10. The van der Waals surface area contributed by atoms with Crippen molar-refractivity contribution in [2.75, 3.05) is 25.1 Å². The van der Waals surface area contributed by atoms with E-state index in [-0.39, 0.29) is 11.6 Å². The minimum Gasteiger partial charge on any atom is -0.492 e. The minimum absolute atomic E-state index is 0.00957. The molecule has 7 nitrogen and oxygen atoms in total. The number of rotatable bonds is 6. The van der Waals surface area contributed by atoms with Gasteiger partial charge in [-0.15, -0.1) is 0 Å². The molecule has 8 heteroatoms. The lowest BCUT2D eigenvalue weighted by Gasteiger charge is -2.36. The number of ether oxygens (including phenoxy) is 2. The van der Waals surface area contributed by atoms with E-state index in [1.165, 1.54) is 12.1 Å². The van der Waals surface area contributed by atoms with Gasteiger partial charge < -0.3 is 14.8 Å². The Morgan fingerprint density at radius 3 is 2.50 bits per heavy atom. The minimum atomic E-state index is -0.821. The van der Waals surface area contributed by atoms with Gasteiger partial charge in [0, 0.05) is 31.0 Å². The lowest BCUT2D eigenvalue weighted by Crippen LogP contribution is -2.44. The number of hydrogen-bond donors (Lipinski definition) is 1. The smallest absolute Gasteiger partial charge is 0.269 e. The van der Waals surface area contributed by atoms with E-state index >= 15 is 0 Å². The van der Waals surface area contributed by atoms with Crippen LogP contribution < -0.4 is 10.1 Å². The van der Waals surface area contributed by atoms with Crippen molar-refractivity contribution in [1.29, 1.82) is 0 Å². The van der Waals surface area contributed by atoms with Crippen LogP contribution in [0.5, 0.6) is 5.75 Å². The van der Waals surface area contributed by atoms with Gasteiger partial charge in [-0.2, -0.15) is 0 Å². The molecular weight excluding hydrogens is 384 g/mol. The average molecular weight is 405 g/mol. The molecule has 0 bridgehead atoms. The summed E-state index contributed by atoms with van der Waals surface area (Å²) in [6.07, 6.45) is 0.975. The molecule has 2 aromatic rings. The van der Waals surface area contributed by atoms with E-state index in [9.17, 15) is 14.9 Å². The maximum atomic E-state index is 13.3. The number of hydrogen-bond acceptors (Lipinski definition) is 5. The normalized spacial score (nSPS) is 15.6. The Labute approximate surface area is 167 Å². The van der Waals surface area contributed by atoms with Crippen LogP contribution in [0.2, 0.25) is 5.02 Å². The van der Waals surface area contributed by atoms with E-state index in [2.05, 4.69) is 5.32 Å². The maximum absolute atomic E-state index is 13.3. The van der Waals surface area contributed by atoms with Crippen LogP contribution in [-0.2, 0) is 14.9 Å². The highest BCUT2D eigenvalue weighted by molar-refractivity contribution is 6.32. The first-order chi connectivity index (χ1) is 13.5. The molecule has 0 saturated carbocycles. The number of nitro benzene ring substituents is 1. The Morgan fingerprint density at radius 2 is 1.93 bits per heavy atom. The second kappa shape index (κ2) is 8.58. The standard InChI is InChI=1S/C20H21ClN2O5/c1-2-28-18-8-5-15(13-17(18)21)22-19(24)20(9-11-27-12-10-20)14-3-6-16(7-4-14)23(25)26/h3-8,13H,2,9-12H2,1H3,(H,22,24). The Morgan fingerprint density at radius 1 is 1.25 bits per heavy atom. The summed E-state index contributed by atoms with van der Waals surface area (Å²) in [5.41, 5.74) is 0.463. The molecule has 3 rings (SSSR count). The van der Waals surface area contributed by atoms with Gasteiger partial charge in [0.2, 0.25) is 5.91 Å². The Kier molecular flexibility index (Phi) is 6.16. The summed E-state index contributed by atoms with van der Waals surface area (Å²) in [6.45, 7) is 3.24. The zero-order valence-electron chi connectivity index (χ0n) is 15.4. The van der Waals surface area contributed by atoms with Gasteiger partial charge in [0.25, 0.3) is 5.69 Å². The first-order valence-corrected chi connectivity index (χ1v) is 9.40. The first kappa shape index (κ1) is 20.1. The van der Waals surface area contributed by atoms with Crippen LogP contribution in [0.25, 0.3) is 0 Å². The fraction of sp³-hybridized carbons (Fsp3) is 0.350. The number of anilines is 1. The number of carbonyl (C=O) groups excluding carboxylic acids is 1. The number of amides is 1. The zero-order chi connectivity index (χ0) is 20.1. The zero-order valence-corrected chi connectivity index (χ0v) is 16.2. The van der Waals surface area contributed by atoms with Crippen LogP contribution in [0.3, 0.4) is 0 Å². The van der Waals surface area contributed by atoms with Crippen molar-refractivity contribution in [1.82, 2.24) is 0 Å². The topological polar surface area (TPSA) is 90.7 Å². The second-order valence-electron chi connectivity index (χ2n) is 6.53. The summed E-state index contributed by atoms with van der Waals surface area (Å²) < 4.78 is 10.9. The molecule has 1 aliphatic rings. The van der Waals surface area contributed by atoms with Crippen LogP contribution in [0.4, 0.5) is 11.4 Å². The number of nitrogens with zero attached hydrogens (tertiary/aromatic N) is 1. The largest absolute Gasteiger partial charge is 0.492 e. The van der Waals surface area contributed by atoms with E-state index in [1.54, 1.807) is 30.3 Å². The molecule has 2 aromatic carbocycles. The molecule has 0 unspecified atom stereocenters. The van der Waals surface area contributed by atoms with Crippen LogP contribution in [0.15, 0.2) is 42.5 Å². The van der Waals surface area contributed by atoms with Gasteiger partial charge in [-0.25, -0.2) is 0 Å². The number of nitrogens with one attached hydrogen (secondary N) is 1. The van der Waals surface area contributed by atoms with Gasteiger partial charge in [-0.1, -0.05) is 23.7 Å². The van der Waals surface area contributed by atoms with E-state index in [0.717, 1.165) is 5.56 Å². The fourth-order valence-corrected chi connectivity index (χ4v) is 3.61. The molecule has 0 aromatic heterocycles. The first-order valence-electron chi connectivity index (χ1n) is 9.03. The van der Waals surface area contributed by atoms with Gasteiger partial charge in [0.1, 0.15) is 5.75 Å². The molecule has 1 saturated heterocycles. The Balaban J connectivity index is 1.88. The molecule has 28 heavy (non-hydrogen) atoms. The highest BCUT2D eigenvalue weighted by atomic mass is 35.5. The summed E-state index contributed by atoms with van der Waals surface area (Å²) in [5, 5.41) is 14.3. The van der Waals surface area contributed by atoms with Gasteiger partial charge >= 0.3 is 0 Å². The van der Waals surface area contributed by atoms with Crippen molar-refractivity contribution in [3.8, 4) is 5.75 Å². The second-order valence-corrected chi connectivity index (χ2v) is 6.94. The summed E-state index contributed by atoms with van der Waals surface area (Å²) in [6, 6.07) is 11.2. The number of benzene rings is 2. The number of non-ortho nitro benzene ring substituents is 1. The van der Waals surface area contributed by atoms with Gasteiger partial charge in [-0.3, -0.25) is 14.9 Å². The van der Waals surface area contributed by atoms with Gasteiger partial charge in [0.05, 0.1) is 22.0 Å². The van der Waals surface area contributed by atoms with Crippen molar-refractivity contribution in [3.05, 3.63) is 63.2 Å². The van der Waals surface area contributed by atoms with Crippen molar-refractivity contribution in [2.24, 2.45) is 0 Å². The van der Waals surface area contributed by atoms with Crippen LogP contribution >= 0.6 is 11.6 Å². The summed E-state index contributed by atoms with van der Waals surface area (Å²) in [5.74, 6) is 0.364. The Bertz CT molecular complexity index is 863. The van der Waals surface area contributed by atoms with E-state index in [1.807, 2.05) is 6.92 Å². The van der Waals surface area contributed by atoms with Crippen molar-refractivity contribution in [2.45, 2.75) is 25.2 Å². The van der Waals surface area contributed by atoms with Crippen molar-refractivity contribution < 1.29 is 19.2 Å². The molecule has 1 fully saturated rings. The molecule has 1 aliphatic heterocycles. The molecule has 0 radical (unpaired) electrons. The summed E-state index contributed by atoms with van der Waals surface area (Å²) >= 11 is 6.22. The van der Waals surface area contributed by atoms with Crippen molar-refractivity contribution in [3.63, 3.8) is 0 Å². The molecular formula is C20H21ClN2O5. The highest BCUT2D eigenvalue weighted by Gasteiger charge is 2.42. The number of carbonyl (C=O) groups is 1. The molecule has 0 aliphatic carbocycles. The van der Waals surface area contributed by atoms with E-state index < -0.39 is 10.3 Å². The number of halogens is 1. The molecule has 0 spiro atoms. The third-order valence-electron chi connectivity index (χ3n) is 4.90. The third-order valence-corrected chi connectivity index (χ3v) is 5.20. The van der Waals surface area contributed by atoms with Crippen LogP contribution in [0, 0.1) is 10.1 Å². The summed E-state index contributed by atoms with van der Waals surface area (Å²) in [4.78, 5) is 23.7. The van der Waals surface area contributed by atoms with Crippen molar-refractivity contribution >= 4 is 28.9 Å². The SMILES string of the molecule is CCOc1ccc(NC(=O)C2(c3ccc([N+](=O)[O-])cc3)CCOCC2)cc1Cl. The predicted octanol–water partition coefficient (Wildman–Crippen LogP) is 4.33. The highest BCUT2D eigenvalue weighted by Crippen LogP contribution is 2.37. The molecule has 1 amide bonds. The van der Waals surface area contributed by atoms with E-state index in [4.69, 9.17) is 21.1 Å². The average Bonchev–Trinajstić information content (AvgIpc) is 2.70. The number of nitro groups is 1. The van der Waals surface area contributed by atoms with E-state index in [0.29, 0.717) is 49.1 Å². The fourth-order valence-electron chi connectivity index (χ4n) is 3.37. The molecule has 1 heterocycles. The maximum Gasteiger partial charge on any atom is 0.269 e. The molecule has 1 N–H and O–H groups in total. The van der Waals surface area contributed by atoms with Crippen LogP contribution in [-0.4, -0.2) is 30.7 Å². The van der Waals surface area contributed by atoms with Gasteiger partial charge in [-0.05, 0) is 43.5 Å². The lowest BCUT2D eigenvalue weighted by atomic mass is 9.73. The molecule has 148 valence electrons.